The molecular weight excluding hydrogens is 314 g/mol. The first-order valence-corrected chi connectivity index (χ1v) is 6.79. The molecule has 0 fully saturated rings. The van der Waals surface area contributed by atoms with Crippen LogP contribution in [-0.2, 0) is 28.6 Å². The standard InChI is InChI=1S/C13H21NO9/c1-4-14-13(20)21-6-9(18)12(23-8(3)17)11(19)10(5-15)22-7(2)16/h5,9-12,18-19H,4,6H2,1-3H3,(H,14,20). The van der Waals surface area contributed by atoms with E-state index < -0.39 is 49.1 Å². The van der Waals surface area contributed by atoms with E-state index in [1.807, 2.05) is 0 Å². The molecular formula is C13H21NO9. The third-order valence-electron chi connectivity index (χ3n) is 2.50. The molecule has 0 bridgehead atoms. The summed E-state index contributed by atoms with van der Waals surface area (Å²) in [5.74, 6) is -1.71. The van der Waals surface area contributed by atoms with Gasteiger partial charge in [-0.2, -0.15) is 0 Å². The molecule has 132 valence electrons. The molecule has 3 N–H and O–H groups in total. The minimum absolute atomic E-state index is 0.125. The summed E-state index contributed by atoms with van der Waals surface area (Å²) < 4.78 is 13.9. The Morgan fingerprint density at radius 3 is 2.13 bits per heavy atom. The second kappa shape index (κ2) is 10.5. The fourth-order valence-corrected chi connectivity index (χ4v) is 1.58. The number of amides is 1. The fourth-order valence-electron chi connectivity index (χ4n) is 1.58. The molecule has 0 spiro atoms. The Labute approximate surface area is 132 Å². The third-order valence-corrected chi connectivity index (χ3v) is 2.50. The van der Waals surface area contributed by atoms with Crippen LogP contribution in [0.4, 0.5) is 4.79 Å². The molecule has 0 saturated carbocycles. The lowest BCUT2D eigenvalue weighted by atomic mass is 10.0. The lowest BCUT2D eigenvalue weighted by Gasteiger charge is -2.29. The number of carbonyl (C=O) groups is 4. The molecule has 0 aromatic heterocycles. The average molecular weight is 335 g/mol. The number of rotatable bonds is 9. The van der Waals surface area contributed by atoms with Crippen LogP contribution in [0.15, 0.2) is 0 Å². The van der Waals surface area contributed by atoms with Crippen LogP contribution in [0.3, 0.4) is 0 Å². The molecule has 0 aliphatic rings. The highest BCUT2D eigenvalue weighted by Crippen LogP contribution is 2.12. The van der Waals surface area contributed by atoms with Crippen LogP contribution in [0.5, 0.6) is 0 Å². The van der Waals surface area contributed by atoms with Crippen molar-refractivity contribution < 1.29 is 43.6 Å². The average Bonchev–Trinajstić information content (AvgIpc) is 2.47. The monoisotopic (exact) mass is 335 g/mol. The smallest absolute Gasteiger partial charge is 0.407 e. The summed E-state index contributed by atoms with van der Waals surface area (Å²) in [6, 6.07) is 0. The Bertz CT molecular complexity index is 426. The lowest BCUT2D eigenvalue weighted by Crippen LogP contribution is -2.50. The van der Waals surface area contributed by atoms with Crippen molar-refractivity contribution in [3.63, 3.8) is 0 Å². The van der Waals surface area contributed by atoms with E-state index in [4.69, 9.17) is 4.74 Å². The number of aldehydes is 1. The zero-order chi connectivity index (χ0) is 18.0. The van der Waals surface area contributed by atoms with Gasteiger partial charge in [0, 0.05) is 20.4 Å². The van der Waals surface area contributed by atoms with E-state index in [0.29, 0.717) is 6.54 Å². The minimum Gasteiger partial charge on any atom is -0.457 e. The van der Waals surface area contributed by atoms with E-state index in [1.165, 1.54) is 0 Å². The number of carbonyl (C=O) groups excluding carboxylic acids is 4. The van der Waals surface area contributed by atoms with Gasteiger partial charge in [-0.25, -0.2) is 4.79 Å². The summed E-state index contributed by atoms with van der Waals surface area (Å²) in [6.07, 6.45) is -7.48. The van der Waals surface area contributed by atoms with Crippen LogP contribution >= 0.6 is 0 Å². The third kappa shape index (κ3) is 8.12. The second-order valence-corrected chi connectivity index (χ2v) is 4.47. The topological polar surface area (TPSA) is 148 Å². The number of aliphatic hydroxyl groups is 2. The van der Waals surface area contributed by atoms with Crippen LogP contribution < -0.4 is 5.32 Å². The summed E-state index contributed by atoms with van der Waals surface area (Å²) in [4.78, 5) is 44.0. The van der Waals surface area contributed by atoms with Crippen LogP contribution in [0, 0.1) is 0 Å². The van der Waals surface area contributed by atoms with E-state index in [0.717, 1.165) is 13.8 Å². The SMILES string of the molecule is CCNC(=O)OCC(O)C(OC(C)=O)C(O)C(C=O)OC(C)=O. The summed E-state index contributed by atoms with van der Waals surface area (Å²) in [5.41, 5.74) is 0. The number of hydrogen-bond donors (Lipinski definition) is 3. The summed E-state index contributed by atoms with van der Waals surface area (Å²) in [7, 11) is 0. The molecule has 4 unspecified atom stereocenters. The van der Waals surface area contributed by atoms with Gasteiger partial charge in [0.2, 0.25) is 0 Å². The molecule has 0 heterocycles. The molecule has 1 amide bonds. The normalized spacial score (nSPS) is 15.5. The molecule has 4 atom stereocenters. The highest BCUT2D eigenvalue weighted by molar-refractivity contribution is 5.70. The Kier molecular flexibility index (Phi) is 9.51. The molecule has 0 saturated heterocycles. The first kappa shape index (κ1) is 20.8. The Balaban J connectivity index is 4.95. The summed E-state index contributed by atoms with van der Waals surface area (Å²) in [6.45, 7) is 3.35. The first-order valence-electron chi connectivity index (χ1n) is 6.79. The Hall–Kier alpha value is -2.20. The van der Waals surface area contributed by atoms with Crippen molar-refractivity contribution in [2.45, 2.75) is 45.2 Å². The van der Waals surface area contributed by atoms with Crippen LogP contribution in [-0.4, -0.2) is 72.1 Å². The van der Waals surface area contributed by atoms with E-state index in [9.17, 15) is 29.4 Å². The Morgan fingerprint density at radius 1 is 1.13 bits per heavy atom. The van der Waals surface area contributed by atoms with E-state index in [1.54, 1.807) is 6.92 Å². The van der Waals surface area contributed by atoms with E-state index >= 15 is 0 Å². The van der Waals surface area contributed by atoms with Gasteiger partial charge in [-0.05, 0) is 6.92 Å². The van der Waals surface area contributed by atoms with E-state index in [-0.39, 0.29) is 6.29 Å². The molecule has 0 aliphatic carbocycles. The van der Waals surface area contributed by atoms with Gasteiger partial charge in [-0.1, -0.05) is 0 Å². The van der Waals surface area contributed by atoms with Gasteiger partial charge in [-0.3, -0.25) is 14.4 Å². The van der Waals surface area contributed by atoms with Crippen molar-refractivity contribution in [2.75, 3.05) is 13.2 Å². The second-order valence-electron chi connectivity index (χ2n) is 4.47. The number of aliphatic hydroxyl groups excluding tert-OH is 2. The molecule has 0 aromatic rings. The van der Waals surface area contributed by atoms with Crippen LogP contribution in [0.25, 0.3) is 0 Å². The zero-order valence-corrected chi connectivity index (χ0v) is 13.1. The van der Waals surface area contributed by atoms with Crippen molar-refractivity contribution in [1.82, 2.24) is 5.32 Å². The predicted molar refractivity (Wildman–Crippen MR) is 74.2 cm³/mol. The predicted octanol–water partition coefficient (Wildman–Crippen LogP) is -1.48. The largest absolute Gasteiger partial charge is 0.457 e. The van der Waals surface area contributed by atoms with Gasteiger partial charge < -0.3 is 29.7 Å². The van der Waals surface area contributed by atoms with Gasteiger partial charge in [-0.15, -0.1) is 0 Å². The zero-order valence-electron chi connectivity index (χ0n) is 13.1. The summed E-state index contributed by atoms with van der Waals surface area (Å²) >= 11 is 0. The van der Waals surface area contributed by atoms with Gasteiger partial charge in [0.25, 0.3) is 0 Å². The maximum atomic E-state index is 11.2. The number of hydrogen-bond acceptors (Lipinski definition) is 9. The quantitative estimate of drug-likeness (QED) is 0.260. The molecule has 0 rings (SSSR count). The van der Waals surface area contributed by atoms with Crippen LogP contribution in [0.1, 0.15) is 20.8 Å². The highest BCUT2D eigenvalue weighted by atomic mass is 16.6. The minimum atomic E-state index is -1.84. The number of esters is 2. The fraction of sp³-hybridized carbons (Fsp3) is 0.692. The van der Waals surface area contributed by atoms with Crippen molar-refractivity contribution >= 4 is 24.3 Å². The van der Waals surface area contributed by atoms with Crippen LogP contribution in [0.2, 0.25) is 0 Å². The van der Waals surface area contributed by atoms with Gasteiger partial charge in [0.05, 0.1) is 0 Å². The molecule has 10 nitrogen and oxygen atoms in total. The summed E-state index contributed by atoms with van der Waals surface area (Å²) in [5, 5.41) is 22.2. The van der Waals surface area contributed by atoms with Gasteiger partial charge in [0.15, 0.2) is 18.5 Å². The molecule has 0 aliphatic heterocycles. The number of nitrogens with one attached hydrogen (secondary N) is 1. The van der Waals surface area contributed by atoms with Crippen molar-refractivity contribution in [3.05, 3.63) is 0 Å². The van der Waals surface area contributed by atoms with Crippen molar-refractivity contribution in [2.24, 2.45) is 0 Å². The first-order chi connectivity index (χ1) is 10.7. The molecule has 0 aromatic carbocycles. The van der Waals surface area contributed by atoms with Gasteiger partial charge >= 0.3 is 18.0 Å². The molecule has 10 heteroatoms. The molecule has 0 radical (unpaired) electrons. The Morgan fingerprint density at radius 2 is 1.70 bits per heavy atom. The number of ether oxygens (including phenoxy) is 3. The van der Waals surface area contributed by atoms with Crippen molar-refractivity contribution in [3.8, 4) is 0 Å². The highest BCUT2D eigenvalue weighted by Gasteiger charge is 2.37. The van der Waals surface area contributed by atoms with E-state index in [2.05, 4.69) is 14.8 Å². The maximum absolute atomic E-state index is 11.2. The molecule has 23 heavy (non-hydrogen) atoms. The maximum Gasteiger partial charge on any atom is 0.407 e. The van der Waals surface area contributed by atoms with Crippen molar-refractivity contribution in [1.29, 1.82) is 0 Å². The lowest BCUT2D eigenvalue weighted by molar-refractivity contribution is -0.180. The van der Waals surface area contributed by atoms with Gasteiger partial charge in [0.1, 0.15) is 18.8 Å². The number of alkyl carbamates (subject to hydrolysis) is 1.